The van der Waals surface area contributed by atoms with Crippen LogP contribution in [0.4, 0.5) is 10.8 Å². The molecule has 6 nitrogen and oxygen atoms in total. The van der Waals surface area contributed by atoms with E-state index in [-0.39, 0.29) is 17.6 Å². The quantitative estimate of drug-likeness (QED) is 0.467. The van der Waals surface area contributed by atoms with Crippen LogP contribution >= 0.6 is 34.4 Å². The van der Waals surface area contributed by atoms with Gasteiger partial charge < -0.3 is 10.6 Å². The van der Waals surface area contributed by atoms with Gasteiger partial charge in [0.25, 0.3) is 0 Å². The highest BCUT2D eigenvalue weighted by Gasteiger charge is 2.11. The van der Waals surface area contributed by atoms with E-state index < -0.39 is 0 Å². The molecule has 27 heavy (non-hydrogen) atoms. The van der Waals surface area contributed by atoms with Gasteiger partial charge in [0.05, 0.1) is 26.2 Å². The molecule has 9 heteroatoms. The molecule has 0 radical (unpaired) electrons. The summed E-state index contributed by atoms with van der Waals surface area (Å²) in [6.07, 6.45) is 0. The summed E-state index contributed by atoms with van der Waals surface area (Å²) in [4.78, 5) is 32.3. The Labute approximate surface area is 167 Å². The zero-order valence-electron chi connectivity index (χ0n) is 14.2. The van der Waals surface area contributed by atoms with E-state index in [0.29, 0.717) is 10.8 Å². The molecule has 136 valence electrons. The van der Waals surface area contributed by atoms with Gasteiger partial charge in [-0.25, -0.2) is 9.97 Å². The van der Waals surface area contributed by atoms with Crippen molar-refractivity contribution in [1.82, 2.24) is 9.97 Å². The molecule has 4 aromatic rings. The predicted octanol–water partition coefficient (Wildman–Crippen LogP) is 4.60. The molecule has 0 aliphatic rings. The van der Waals surface area contributed by atoms with Crippen molar-refractivity contribution in [3.63, 3.8) is 0 Å². The Balaban J connectivity index is 1.40. The number of thioether (sulfide) groups is 1. The van der Waals surface area contributed by atoms with Crippen molar-refractivity contribution < 1.29 is 9.59 Å². The number of carbonyl (C=O) groups is 2. The number of anilines is 2. The minimum atomic E-state index is -0.126. The first-order valence-electron chi connectivity index (χ1n) is 8.03. The topological polar surface area (TPSA) is 84.0 Å². The zero-order valence-corrected chi connectivity index (χ0v) is 16.6. The summed E-state index contributed by atoms with van der Waals surface area (Å²) in [6.45, 7) is 1.46. The van der Waals surface area contributed by atoms with E-state index in [4.69, 9.17) is 0 Å². The van der Waals surface area contributed by atoms with E-state index in [0.717, 1.165) is 24.8 Å². The van der Waals surface area contributed by atoms with Gasteiger partial charge in [-0.2, -0.15) is 0 Å². The lowest BCUT2D eigenvalue weighted by Crippen LogP contribution is -2.13. The lowest BCUT2D eigenvalue weighted by atomic mass is 10.3. The van der Waals surface area contributed by atoms with Crippen molar-refractivity contribution in [1.29, 1.82) is 0 Å². The minimum absolute atomic E-state index is 0.125. The smallest absolute Gasteiger partial charge is 0.236 e. The lowest BCUT2D eigenvalue weighted by molar-refractivity contribution is -0.114. The maximum atomic E-state index is 12.2. The van der Waals surface area contributed by atoms with Crippen molar-refractivity contribution in [2.45, 2.75) is 11.3 Å². The number of nitrogens with zero attached hydrogens (tertiary/aromatic N) is 2. The Morgan fingerprint density at radius 1 is 1.00 bits per heavy atom. The highest BCUT2D eigenvalue weighted by molar-refractivity contribution is 8.01. The number of hydrogen-bond donors (Lipinski definition) is 2. The highest BCUT2D eigenvalue weighted by Crippen LogP contribution is 2.31. The number of hydrogen-bond acceptors (Lipinski definition) is 7. The number of thiazole rings is 2. The summed E-state index contributed by atoms with van der Waals surface area (Å²) in [7, 11) is 0. The zero-order chi connectivity index (χ0) is 18.8. The van der Waals surface area contributed by atoms with Gasteiger partial charge in [-0.1, -0.05) is 35.2 Å². The molecule has 0 aliphatic carbocycles. The largest absolute Gasteiger partial charge is 0.326 e. The maximum Gasteiger partial charge on any atom is 0.236 e. The van der Waals surface area contributed by atoms with Crippen molar-refractivity contribution in [2.24, 2.45) is 0 Å². The molecule has 0 spiro atoms. The van der Waals surface area contributed by atoms with Crippen LogP contribution in [0.2, 0.25) is 0 Å². The third kappa shape index (κ3) is 4.26. The Kier molecular flexibility index (Phi) is 5.06. The van der Waals surface area contributed by atoms with E-state index in [1.54, 1.807) is 17.4 Å². The van der Waals surface area contributed by atoms with E-state index in [2.05, 4.69) is 20.6 Å². The third-order valence-electron chi connectivity index (χ3n) is 3.56. The molecule has 2 aromatic carbocycles. The second-order valence-corrected chi connectivity index (χ2v) is 8.95. The fraction of sp³-hybridized carbons (Fsp3) is 0.111. The van der Waals surface area contributed by atoms with Gasteiger partial charge in [-0.3, -0.25) is 9.59 Å². The second kappa shape index (κ2) is 7.63. The van der Waals surface area contributed by atoms with E-state index in [1.807, 2.05) is 36.4 Å². The standard InChI is InChI=1S/C18H14N4O2S3/c1-10(23)19-11-6-7-13-15(8-11)26-17(20-13)22-16(24)9-25-18-21-12-4-2-3-5-14(12)27-18/h2-8H,9H2,1H3,(H,19,23)(H,20,22,24). The lowest BCUT2D eigenvalue weighted by Gasteiger charge is -1.99. The molecule has 0 bridgehead atoms. The van der Waals surface area contributed by atoms with Crippen LogP contribution in [0, 0.1) is 0 Å². The fourth-order valence-corrected chi connectivity index (χ4v) is 5.24. The van der Waals surface area contributed by atoms with E-state index >= 15 is 0 Å². The number of benzene rings is 2. The number of aromatic nitrogens is 2. The van der Waals surface area contributed by atoms with Crippen LogP contribution in [0.5, 0.6) is 0 Å². The van der Waals surface area contributed by atoms with Crippen LogP contribution in [0.25, 0.3) is 20.4 Å². The van der Waals surface area contributed by atoms with Crippen LogP contribution in [0.3, 0.4) is 0 Å². The minimum Gasteiger partial charge on any atom is -0.326 e. The number of carbonyl (C=O) groups excluding carboxylic acids is 2. The molecular weight excluding hydrogens is 400 g/mol. The summed E-state index contributed by atoms with van der Waals surface area (Å²) in [5.74, 6) is 0.0204. The van der Waals surface area contributed by atoms with Crippen LogP contribution in [0.15, 0.2) is 46.8 Å². The van der Waals surface area contributed by atoms with Crippen molar-refractivity contribution >= 4 is 77.5 Å². The van der Waals surface area contributed by atoms with Crippen molar-refractivity contribution in [3.8, 4) is 0 Å². The first-order valence-corrected chi connectivity index (χ1v) is 10.6. The number of amides is 2. The summed E-state index contributed by atoms with van der Waals surface area (Å²) in [5.41, 5.74) is 2.44. The van der Waals surface area contributed by atoms with E-state index in [1.165, 1.54) is 30.0 Å². The average molecular weight is 415 g/mol. The molecule has 0 unspecified atom stereocenters. The summed E-state index contributed by atoms with van der Waals surface area (Å²) in [5, 5.41) is 6.11. The molecule has 0 aliphatic heterocycles. The molecule has 0 fully saturated rings. The van der Waals surface area contributed by atoms with Crippen LogP contribution in [-0.2, 0) is 9.59 Å². The monoisotopic (exact) mass is 414 g/mol. The second-order valence-electron chi connectivity index (χ2n) is 5.67. The number of rotatable bonds is 5. The number of nitrogens with one attached hydrogen (secondary N) is 2. The molecule has 4 rings (SSSR count). The fourth-order valence-electron chi connectivity index (χ4n) is 2.45. The molecule has 0 saturated carbocycles. The molecule has 2 aromatic heterocycles. The Morgan fingerprint density at radius 3 is 2.63 bits per heavy atom. The Hall–Kier alpha value is -2.49. The Bertz CT molecular complexity index is 1120. The predicted molar refractivity (Wildman–Crippen MR) is 113 cm³/mol. The van der Waals surface area contributed by atoms with Gasteiger partial charge in [-0.15, -0.1) is 11.3 Å². The first-order chi connectivity index (χ1) is 13.1. The normalized spacial score (nSPS) is 11.0. The van der Waals surface area contributed by atoms with Gasteiger partial charge in [-0.05, 0) is 30.3 Å². The number of fused-ring (bicyclic) bond motifs is 2. The van der Waals surface area contributed by atoms with Crippen LogP contribution in [0.1, 0.15) is 6.92 Å². The van der Waals surface area contributed by atoms with Gasteiger partial charge >= 0.3 is 0 Å². The maximum absolute atomic E-state index is 12.2. The molecule has 2 N–H and O–H groups in total. The molecule has 0 saturated heterocycles. The summed E-state index contributed by atoms with van der Waals surface area (Å²) < 4.78 is 2.88. The first kappa shape index (κ1) is 17.9. The highest BCUT2D eigenvalue weighted by atomic mass is 32.2. The van der Waals surface area contributed by atoms with Crippen molar-refractivity contribution in [2.75, 3.05) is 16.4 Å². The van der Waals surface area contributed by atoms with Crippen LogP contribution in [-0.4, -0.2) is 27.5 Å². The van der Waals surface area contributed by atoms with Crippen molar-refractivity contribution in [3.05, 3.63) is 42.5 Å². The Morgan fingerprint density at radius 2 is 1.81 bits per heavy atom. The molecule has 2 heterocycles. The molecule has 0 atom stereocenters. The van der Waals surface area contributed by atoms with Gasteiger partial charge in [0, 0.05) is 12.6 Å². The SMILES string of the molecule is CC(=O)Nc1ccc2nc(NC(=O)CSc3nc4ccccc4s3)sc2c1. The van der Waals surface area contributed by atoms with Crippen LogP contribution < -0.4 is 10.6 Å². The molecular formula is C18H14N4O2S3. The molecule has 2 amide bonds. The average Bonchev–Trinajstić information content (AvgIpc) is 3.21. The summed E-state index contributed by atoms with van der Waals surface area (Å²) in [6, 6.07) is 13.4. The third-order valence-corrected chi connectivity index (χ3v) is 6.67. The van der Waals surface area contributed by atoms with E-state index in [9.17, 15) is 9.59 Å². The van der Waals surface area contributed by atoms with Gasteiger partial charge in [0.2, 0.25) is 11.8 Å². The van der Waals surface area contributed by atoms with Gasteiger partial charge in [0.15, 0.2) is 9.47 Å². The summed E-state index contributed by atoms with van der Waals surface area (Å²) >= 11 is 4.37. The number of para-hydroxylation sites is 1. The van der Waals surface area contributed by atoms with Gasteiger partial charge in [0.1, 0.15) is 0 Å².